The summed E-state index contributed by atoms with van der Waals surface area (Å²) in [4.78, 5) is 23.1. The van der Waals surface area contributed by atoms with Crippen LogP contribution >= 0.6 is 0 Å². The summed E-state index contributed by atoms with van der Waals surface area (Å²) in [6.45, 7) is 5.93. The van der Waals surface area contributed by atoms with Gasteiger partial charge in [0.15, 0.2) is 0 Å². The van der Waals surface area contributed by atoms with E-state index in [1.54, 1.807) is 6.07 Å². The maximum absolute atomic E-state index is 11.7. The highest BCUT2D eigenvalue weighted by atomic mass is 16.5. The lowest BCUT2D eigenvalue weighted by atomic mass is 10.2. The molecule has 1 N–H and O–H groups in total. The number of aromatic amines is 1. The first kappa shape index (κ1) is 14.0. The zero-order chi connectivity index (χ0) is 14.7. The van der Waals surface area contributed by atoms with E-state index in [1.807, 2.05) is 12.1 Å². The fourth-order valence-corrected chi connectivity index (χ4v) is 2.50. The van der Waals surface area contributed by atoms with Gasteiger partial charge in [-0.2, -0.15) is 0 Å². The van der Waals surface area contributed by atoms with Gasteiger partial charge in [-0.25, -0.2) is 4.98 Å². The number of rotatable bonds is 4. The molecule has 6 nitrogen and oxygen atoms in total. The first-order chi connectivity index (χ1) is 10.2. The standard InChI is InChI=1S/C15H20N4O2/c1-18-4-6-19(7-5-18)8-9-21-12-2-3-14-13(10-12)15(20)17-11-16-14/h2-3,10-11H,4-9H2,1H3,(H,16,17,20). The molecule has 0 atom stereocenters. The van der Waals surface area contributed by atoms with E-state index in [9.17, 15) is 4.79 Å². The van der Waals surface area contributed by atoms with Crippen LogP contribution in [0.2, 0.25) is 0 Å². The SMILES string of the molecule is CN1CCN(CCOc2ccc3nc[nH]c(=O)c3c2)CC1. The summed E-state index contributed by atoms with van der Waals surface area (Å²) in [5, 5.41) is 0.564. The summed E-state index contributed by atoms with van der Waals surface area (Å²) in [6, 6.07) is 5.43. The van der Waals surface area contributed by atoms with Gasteiger partial charge in [-0.05, 0) is 25.2 Å². The smallest absolute Gasteiger partial charge is 0.258 e. The molecule has 6 heteroatoms. The first-order valence-corrected chi connectivity index (χ1v) is 7.23. The third kappa shape index (κ3) is 3.40. The quantitative estimate of drug-likeness (QED) is 0.890. The molecule has 2 heterocycles. The number of nitrogens with zero attached hydrogens (tertiary/aromatic N) is 3. The van der Waals surface area contributed by atoms with Crippen LogP contribution in [0.3, 0.4) is 0 Å². The van der Waals surface area contributed by atoms with Crippen LogP contribution in [0.15, 0.2) is 29.3 Å². The normalized spacial score (nSPS) is 17.2. The van der Waals surface area contributed by atoms with Gasteiger partial charge in [-0.3, -0.25) is 9.69 Å². The van der Waals surface area contributed by atoms with Crippen molar-refractivity contribution in [2.75, 3.05) is 46.4 Å². The summed E-state index contributed by atoms with van der Waals surface area (Å²) in [5.74, 6) is 0.718. The molecular formula is C15H20N4O2. The minimum Gasteiger partial charge on any atom is -0.492 e. The maximum Gasteiger partial charge on any atom is 0.258 e. The molecule has 1 aliphatic heterocycles. The Morgan fingerprint density at radius 2 is 2.10 bits per heavy atom. The van der Waals surface area contributed by atoms with Gasteiger partial charge in [-0.1, -0.05) is 0 Å². The van der Waals surface area contributed by atoms with Crippen LogP contribution in [0.4, 0.5) is 0 Å². The highest BCUT2D eigenvalue weighted by Gasteiger charge is 2.13. The molecule has 1 fully saturated rings. The number of aromatic nitrogens is 2. The van der Waals surface area contributed by atoms with Crippen LogP contribution in [0.25, 0.3) is 10.9 Å². The second-order valence-electron chi connectivity index (χ2n) is 5.40. The van der Waals surface area contributed by atoms with Gasteiger partial charge in [0.2, 0.25) is 0 Å². The van der Waals surface area contributed by atoms with Crippen molar-refractivity contribution >= 4 is 10.9 Å². The Bertz CT molecular complexity index is 662. The van der Waals surface area contributed by atoms with E-state index < -0.39 is 0 Å². The molecule has 0 radical (unpaired) electrons. The van der Waals surface area contributed by atoms with Crippen LogP contribution in [0, 0.1) is 0 Å². The third-order valence-electron chi connectivity index (χ3n) is 3.88. The van der Waals surface area contributed by atoms with Crippen molar-refractivity contribution in [2.24, 2.45) is 0 Å². The van der Waals surface area contributed by atoms with Gasteiger partial charge in [0.05, 0.1) is 17.2 Å². The number of fused-ring (bicyclic) bond motifs is 1. The van der Waals surface area contributed by atoms with Crippen LogP contribution in [-0.2, 0) is 0 Å². The molecule has 1 saturated heterocycles. The molecule has 0 aliphatic carbocycles. The van der Waals surface area contributed by atoms with Crippen LogP contribution < -0.4 is 10.3 Å². The lowest BCUT2D eigenvalue weighted by molar-refractivity contribution is 0.134. The van der Waals surface area contributed by atoms with Crippen molar-refractivity contribution in [1.29, 1.82) is 0 Å². The summed E-state index contributed by atoms with van der Waals surface area (Å²) < 4.78 is 5.76. The van der Waals surface area contributed by atoms with Crippen molar-refractivity contribution in [3.8, 4) is 5.75 Å². The van der Waals surface area contributed by atoms with Crippen molar-refractivity contribution in [3.05, 3.63) is 34.9 Å². The number of benzene rings is 1. The number of H-pyrrole nitrogens is 1. The number of hydrogen-bond donors (Lipinski definition) is 1. The van der Waals surface area contributed by atoms with Crippen LogP contribution in [0.5, 0.6) is 5.75 Å². The number of likely N-dealkylation sites (N-methyl/N-ethyl adjacent to an activating group) is 1. The zero-order valence-corrected chi connectivity index (χ0v) is 12.2. The molecule has 0 saturated carbocycles. The second-order valence-corrected chi connectivity index (χ2v) is 5.40. The first-order valence-electron chi connectivity index (χ1n) is 7.23. The van der Waals surface area contributed by atoms with Crippen LogP contribution in [-0.4, -0.2) is 66.1 Å². The minimum absolute atomic E-state index is 0.135. The van der Waals surface area contributed by atoms with Gasteiger partial charge >= 0.3 is 0 Å². The van der Waals surface area contributed by atoms with Crippen molar-refractivity contribution in [2.45, 2.75) is 0 Å². The Hall–Kier alpha value is -1.92. The molecule has 1 aromatic heterocycles. The predicted octanol–water partition coefficient (Wildman–Crippen LogP) is 0.549. The maximum atomic E-state index is 11.7. The molecule has 0 amide bonds. The molecule has 2 aromatic rings. The van der Waals surface area contributed by atoms with Crippen molar-refractivity contribution in [1.82, 2.24) is 19.8 Å². The summed E-state index contributed by atoms with van der Waals surface area (Å²) >= 11 is 0. The highest BCUT2D eigenvalue weighted by molar-refractivity contribution is 5.78. The average molecular weight is 288 g/mol. The highest BCUT2D eigenvalue weighted by Crippen LogP contribution is 2.16. The fourth-order valence-electron chi connectivity index (χ4n) is 2.50. The van der Waals surface area contributed by atoms with E-state index in [0.29, 0.717) is 17.5 Å². The lowest BCUT2D eigenvalue weighted by Gasteiger charge is -2.32. The van der Waals surface area contributed by atoms with E-state index in [1.165, 1.54) is 6.33 Å². The van der Waals surface area contributed by atoms with E-state index >= 15 is 0 Å². The Balaban J connectivity index is 1.58. The van der Waals surface area contributed by atoms with Gasteiger partial charge in [-0.15, -0.1) is 0 Å². The monoisotopic (exact) mass is 288 g/mol. The number of piperazine rings is 1. The van der Waals surface area contributed by atoms with Crippen molar-refractivity contribution in [3.63, 3.8) is 0 Å². The molecule has 0 bridgehead atoms. The average Bonchev–Trinajstić information content (AvgIpc) is 2.50. The van der Waals surface area contributed by atoms with E-state index in [0.717, 1.165) is 38.5 Å². The lowest BCUT2D eigenvalue weighted by Crippen LogP contribution is -2.45. The Morgan fingerprint density at radius 3 is 2.90 bits per heavy atom. The molecular weight excluding hydrogens is 268 g/mol. The third-order valence-corrected chi connectivity index (χ3v) is 3.88. The largest absolute Gasteiger partial charge is 0.492 e. The van der Waals surface area contributed by atoms with Gasteiger partial charge < -0.3 is 14.6 Å². The van der Waals surface area contributed by atoms with Gasteiger partial charge in [0.25, 0.3) is 5.56 Å². The fraction of sp³-hybridized carbons (Fsp3) is 0.467. The van der Waals surface area contributed by atoms with Gasteiger partial charge in [0, 0.05) is 32.7 Å². The molecule has 21 heavy (non-hydrogen) atoms. The van der Waals surface area contributed by atoms with E-state index in [2.05, 4.69) is 26.8 Å². The summed E-state index contributed by atoms with van der Waals surface area (Å²) in [6.07, 6.45) is 1.42. The topological polar surface area (TPSA) is 61.5 Å². The Kier molecular flexibility index (Phi) is 4.17. The summed E-state index contributed by atoms with van der Waals surface area (Å²) in [5.41, 5.74) is 0.551. The molecule has 0 unspecified atom stereocenters. The Labute approximate surface area is 123 Å². The summed E-state index contributed by atoms with van der Waals surface area (Å²) in [7, 11) is 2.15. The number of nitrogens with one attached hydrogen (secondary N) is 1. The zero-order valence-electron chi connectivity index (χ0n) is 12.2. The van der Waals surface area contributed by atoms with E-state index in [4.69, 9.17) is 4.74 Å². The molecule has 1 aliphatic rings. The molecule has 112 valence electrons. The molecule has 0 spiro atoms. The number of hydrogen-bond acceptors (Lipinski definition) is 5. The Morgan fingerprint density at radius 1 is 1.29 bits per heavy atom. The minimum atomic E-state index is -0.135. The van der Waals surface area contributed by atoms with E-state index in [-0.39, 0.29) is 5.56 Å². The van der Waals surface area contributed by atoms with Crippen LogP contribution in [0.1, 0.15) is 0 Å². The molecule has 3 rings (SSSR count). The number of ether oxygens (including phenoxy) is 1. The van der Waals surface area contributed by atoms with Gasteiger partial charge in [0.1, 0.15) is 12.4 Å². The van der Waals surface area contributed by atoms with Crippen molar-refractivity contribution < 1.29 is 4.74 Å². The predicted molar refractivity (Wildman–Crippen MR) is 81.8 cm³/mol. The second kappa shape index (κ2) is 6.24. The molecule has 1 aromatic carbocycles.